The lowest BCUT2D eigenvalue weighted by atomic mass is 9.52. The predicted octanol–water partition coefficient (Wildman–Crippen LogP) is 4.16. The zero-order valence-corrected chi connectivity index (χ0v) is 14.1. The fraction of sp³-hybridized carbons (Fsp3) is 0.700. The summed E-state index contributed by atoms with van der Waals surface area (Å²) in [5.74, 6) is 1.92. The van der Waals surface area contributed by atoms with Crippen LogP contribution in [-0.4, -0.2) is 31.1 Å². The molecule has 1 aromatic carbocycles. The average molecular weight is 299 g/mol. The highest BCUT2D eigenvalue weighted by Gasteiger charge is 2.53. The first kappa shape index (κ1) is 14.6. The lowest BCUT2D eigenvalue weighted by Gasteiger charge is -2.59. The average Bonchev–Trinajstić information content (AvgIpc) is 2.57. The summed E-state index contributed by atoms with van der Waals surface area (Å²) in [5.41, 5.74) is 3.70. The molecule has 2 bridgehead atoms. The maximum absolute atomic E-state index is 5.54. The summed E-state index contributed by atoms with van der Waals surface area (Å²) in [6.07, 6.45) is 9.57. The van der Waals surface area contributed by atoms with Gasteiger partial charge in [0.25, 0.3) is 0 Å². The molecule has 0 radical (unpaired) electrons. The summed E-state index contributed by atoms with van der Waals surface area (Å²) in [5, 5.41) is 0. The van der Waals surface area contributed by atoms with Gasteiger partial charge in [-0.1, -0.05) is 25.8 Å². The van der Waals surface area contributed by atoms with Gasteiger partial charge >= 0.3 is 0 Å². The van der Waals surface area contributed by atoms with Gasteiger partial charge in [0.05, 0.1) is 7.11 Å². The third-order valence-corrected chi connectivity index (χ3v) is 6.67. The molecule has 4 rings (SSSR count). The highest BCUT2D eigenvalue weighted by molar-refractivity contribution is 5.45. The van der Waals surface area contributed by atoms with Gasteiger partial charge < -0.3 is 4.74 Å². The largest absolute Gasteiger partial charge is 0.497 e. The van der Waals surface area contributed by atoms with Crippen molar-refractivity contribution in [1.82, 2.24) is 4.90 Å². The lowest BCUT2D eigenvalue weighted by Crippen LogP contribution is -2.60. The second-order valence-corrected chi connectivity index (χ2v) is 7.59. The number of likely N-dealkylation sites (tertiary alicyclic amines) is 1. The van der Waals surface area contributed by atoms with E-state index in [1.165, 1.54) is 58.0 Å². The number of nitrogens with zero attached hydrogens (tertiary/aromatic N) is 1. The summed E-state index contributed by atoms with van der Waals surface area (Å²) < 4.78 is 5.54. The highest BCUT2D eigenvalue weighted by Crippen LogP contribution is 2.56. The van der Waals surface area contributed by atoms with Crippen LogP contribution in [0.5, 0.6) is 5.75 Å². The Hall–Kier alpha value is -1.02. The van der Waals surface area contributed by atoms with E-state index >= 15 is 0 Å². The number of methoxy groups -OCH3 is 1. The first-order valence-corrected chi connectivity index (χ1v) is 9.20. The molecule has 22 heavy (non-hydrogen) atoms. The molecule has 1 heterocycles. The third kappa shape index (κ3) is 2.03. The van der Waals surface area contributed by atoms with Crippen LogP contribution in [-0.2, 0) is 11.8 Å². The highest BCUT2D eigenvalue weighted by atomic mass is 16.5. The van der Waals surface area contributed by atoms with Gasteiger partial charge in [-0.2, -0.15) is 0 Å². The number of hydrogen-bond donors (Lipinski definition) is 0. The Morgan fingerprint density at radius 1 is 1.27 bits per heavy atom. The van der Waals surface area contributed by atoms with Crippen LogP contribution < -0.4 is 4.74 Å². The molecule has 1 saturated heterocycles. The van der Waals surface area contributed by atoms with Gasteiger partial charge in [0.15, 0.2) is 0 Å². The summed E-state index contributed by atoms with van der Waals surface area (Å²) in [7, 11) is 1.80. The van der Waals surface area contributed by atoms with Gasteiger partial charge in [0.2, 0.25) is 0 Å². The van der Waals surface area contributed by atoms with Crippen LogP contribution in [0.15, 0.2) is 18.2 Å². The Bertz CT molecular complexity index is 555. The second kappa shape index (κ2) is 5.56. The first-order chi connectivity index (χ1) is 10.8. The van der Waals surface area contributed by atoms with Crippen LogP contribution in [0.2, 0.25) is 0 Å². The number of rotatable bonds is 3. The normalized spacial score (nSPS) is 33.9. The number of piperidine rings is 1. The first-order valence-electron chi connectivity index (χ1n) is 9.20. The fourth-order valence-corrected chi connectivity index (χ4v) is 5.76. The topological polar surface area (TPSA) is 12.5 Å². The maximum Gasteiger partial charge on any atom is 0.119 e. The molecule has 3 aliphatic rings. The molecule has 120 valence electrons. The van der Waals surface area contributed by atoms with Gasteiger partial charge in [-0.15, -0.1) is 0 Å². The lowest BCUT2D eigenvalue weighted by molar-refractivity contribution is -0.0111. The summed E-state index contributed by atoms with van der Waals surface area (Å²) in [6, 6.07) is 7.68. The minimum atomic E-state index is 0.454. The Labute approximate surface area is 134 Å². The summed E-state index contributed by atoms with van der Waals surface area (Å²) in [4.78, 5) is 2.81. The second-order valence-electron chi connectivity index (χ2n) is 7.59. The van der Waals surface area contributed by atoms with E-state index in [4.69, 9.17) is 4.74 Å². The summed E-state index contributed by atoms with van der Waals surface area (Å²) in [6.45, 7) is 4.90. The summed E-state index contributed by atoms with van der Waals surface area (Å²) >= 11 is 0. The van der Waals surface area contributed by atoms with Crippen LogP contribution in [0.4, 0.5) is 0 Å². The molecule has 2 aliphatic carbocycles. The number of ether oxygens (including phenoxy) is 1. The zero-order valence-electron chi connectivity index (χ0n) is 14.1. The fourth-order valence-electron chi connectivity index (χ4n) is 5.76. The minimum Gasteiger partial charge on any atom is -0.497 e. The molecular formula is C20H29NO. The quantitative estimate of drug-likeness (QED) is 0.831. The van der Waals surface area contributed by atoms with Crippen molar-refractivity contribution in [2.75, 3.05) is 20.2 Å². The minimum absolute atomic E-state index is 0.454. The van der Waals surface area contributed by atoms with E-state index < -0.39 is 0 Å². The molecule has 1 saturated carbocycles. The molecule has 1 aromatic rings. The van der Waals surface area contributed by atoms with Gasteiger partial charge in [0, 0.05) is 11.5 Å². The number of benzene rings is 1. The molecule has 3 atom stereocenters. The van der Waals surface area contributed by atoms with Gasteiger partial charge in [-0.25, -0.2) is 0 Å². The molecule has 2 fully saturated rings. The Kier molecular flexibility index (Phi) is 3.68. The van der Waals surface area contributed by atoms with E-state index in [9.17, 15) is 0 Å². The zero-order chi connectivity index (χ0) is 15.2. The van der Waals surface area contributed by atoms with Gasteiger partial charge in [-0.05, 0) is 74.4 Å². The molecule has 0 unspecified atom stereocenters. The predicted molar refractivity (Wildman–Crippen MR) is 90.6 cm³/mol. The Morgan fingerprint density at radius 2 is 2.18 bits per heavy atom. The molecule has 2 nitrogen and oxygen atoms in total. The number of hydrogen-bond acceptors (Lipinski definition) is 2. The van der Waals surface area contributed by atoms with Crippen molar-refractivity contribution < 1.29 is 4.74 Å². The van der Waals surface area contributed by atoms with Crippen molar-refractivity contribution in [3.8, 4) is 5.75 Å². The Balaban J connectivity index is 1.80. The van der Waals surface area contributed by atoms with E-state index in [0.717, 1.165) is 17.7 Å². The van der Waals surface area contributed by atoms with E-state index in [2.05, 4.69) is 30.0 Å². The number of fused-ring (bicyclic) bond motifs is 1. The van der Waals surface area contributed by atoms with Crippen LogP contribution in [0.3, 0.4) is 0 Å². The molecule has 1 aliphatic heterocycles. The molecule has 0 aromatic heterocycles. The van der Waals surface area contributed by atoms with Gasteiger partial charge in [-0.3, -0.25) is 4.90 Å². The standard InChI is InChI=1S/C20H29NO/c1-3-11-21-12-10-20-9-5-4-6-17(20)19(21)13-15-7-8-16(22-2)14-18(15)20/h7-8,14,17,19H,3-6,9-13H2,1-2H3/t17-,19+,20+/m0/s1. The van der Waals surface area contributed by atoms with Crippen LogP contribution in [0.25, 0.3) is 0 Å². The molecule has 0 amide bonds. The van der Waals surface area contributed by atoms with E-state index in [1.54, 1.807) is 18.2 Å². The molecular weight excluding hydrogens is 270 g/mol. The monoisotopic (exact) mass is 299 g/mol. The van der Waals surface area contributed by atoms with Crippen LogP contribution in [0, 0.1) is 5.92 Å². The SMILES string of the molecule is CCCN1CC[C@]23CCCC[C@H]2[C@H]1Cc1ccc(OC)cc13. The third-order valence-electron chi connectivity index (χ3n) is 6.67. The maximum atomic E-state index is 5.54. The van der Waals surface area contributed by atoms with Crippen molar-refractivity contribution in [1.29, 1.82) is 0 Å². The van der Waals surface area contributed by atoms with Crippen molar-refractivity contribution in [3.63, 3.8) is 0 Å². The van der Waals surface area contributed by atoms with Crippen molar-refractivity contribution in [3.05, 3.63) is 29.3 Å². The van der Waals surface area contributed by atoms with Crippen molar-refractivity contribution in [2.45, 2.75) is 63.3 Å². The van der Waals surface area contributed by atoms with Crippen molar-refractivity contribution in [2.24, 2.45) is 5.92 Å². The molecule has 2 heteroatoms. The Morgan fingerprint density at radius 3 is 3.00 bits per heavy atom. The van der Waals surface area contributed by atoms with Crippen LogP contribution in [0.1, 0.15) is 56.6 Å². The van der Waals surface area contributed by atoms with E-state index in [0.29, 0.717) is 5.41 Å². The van der Waals surface area contributed by atoms with Crippen LogP contribution >= 0.6 is 0 Å². The molecule has 0 spiro atoms. The van der Waals surface area contributed by atoms with E-state index in [-0.39, 0.29) is 0 Å². The molecule has 0 N–H and O–H groups in total. The van der Waals surface area contributed by atoms with Crippen molar-refractivity contribution >= 4 is 0 Å². The smallest absolute Gasteiger partial charge is 0.119 e. The van der Waals surface area contributed by atoms with E-state index in [1.807, 2.05) is 0 Å². The van der Waals surface area contributed by atoms with Gasteiger partial charge in [0.1, 0.15) is 5.75 Å².